The van der Waals surface area contributed by atoms with E-state index in [2.05, 4.69) is 140 Å². The minimum atomic E-state index is -0.511. The maximum absolute atomic E-state index is 11.3. The van der Waals surface area contributed by atoms with Gasteiger partial charge in [0.25, 0.3) is 0 Å². The summed E-state index contributed by atoms with van der Waals surface area (Å²) in [6.45, 7) is 35.0. The molecule has 0 unspecified atom stereocenters. The van der Waals surface area contributed by atoms with E-state index in [1.807, 2.05) is 6.21 Å². The predicted octanol–water partition coefficient (Wildman–Crippen LogP) is 9.05. The zero-order valence-electron chi connectivity index (χ0n) is 28.4. The Balaban J connectivity index is 2.48. The molecule has 40 heavy (non-hydrogen) atoms. The number of nitrogens with one attached hydrogen (secondary N) is 1. The van der Waals surface area contributed by atoms with Gasteiger partial charge < -0.3 is 15.5 Å². The first-order valence-electron chi connectivity index (χ1n) is 14.7. The van der Waals surface area contributed by atoms with E-state index >= 15 is 0 Å². The van der Waals surface area contributed by atoms with E-state index in [4.69, 9.17) is 4.99 Å². The molecule has 0 aliphatic carbocycles. The Labute approximate surface area is 245 Å². The summed E-state index contributed by atoms with van der Waals surface area (Å²) in [5.41, 5.74) is 4.55. The van der Waals surface area contributed by atoms with Crippen molar-refractivity contribution in [1.82, 2.24) is 5.32 Å². The van der Waals surface area contributed by atoms with Crippen LogP contribution >= 0.6 is 0 Å². The highest BCUT2D eigenvalue weighted by atomic mass is 16.3. The summed E-state index contributed by atoms with van der Waals surface area (Å²) in [5, 5.41) is 26.2. The molecule has 2 rings (SSSR count). The lowest BCUT2D eigenvalue weighted by Gasteiger charge is -2.40. The SMILES string of the molecule is CC(C)(C)c1cc(C=NC(C)(C)C(C)(C)NCc2cc(C(C)(C)C)cc(C(C)(C)C)c2O)c(O)c(C(C)(C)C)c1. The van der Waals surface area contributed by atoms with Crippen LogP contribution in [0.3, 0.4) is 0 Å². The maximum Gasteiger partial charge on any atom is 0.128 e. The van der Waals surface area contributed by atoms with Gasteiger partial charge in [0, 0.05) is 35.0 Å². The molecule has 4 heteroatoms. The number of aliphatic imine (C=N–C) groups is 1. The summed E-state index contributed by atoms with van der Waals surface area (Å²) in [4.78, 5) is 5.04. The average Bonchev–Trinajstić information content (AvgIpc) is 2.74. The van der Waals surface area contributed by atoms with Crippen LogP contribution in [0, 0.1) is 0 Å². The molecule has 0 aliphatic rings. The molecule has 0 radical (unpaired) electrons. The van der Waals surface area contributed by atoms with Gasteiger partial charge in [0.15, 0.2) is 0 Å². The zero-order valence-corrected chi connectivity index (χ0v) is 28.4. The van der Waals surface area contributed by atoms with Crippen molar-refractivity contribution in [2.75, 3.05) is 0 Å². The fraction of sp³-hybridized carbons (Fsp3) is 0.639. The van der Waals surface area contributed by atoms with Gasteiger partial charge >= 0.3 is 0 Å². The number of aromatic hydroxyl groups is 2. The molecular formula is C36H58N2O2. The third-order valence-electron chi connectivity index (χ3n) is 8.45. The van der Waals surface area contributed by atoms with Gasteiger partial charge in [0.2, 0.25) is 0 Å². The number of hydrogen-bond donors (Lipinski definition) is 3. The van der Waals surface area contributed by atoms with Gasteiger partial charge in [-0.1, -0.05) is 101 Å². The van der Waals surface area contributed by atoms with Crippen LogP contribution in [0.1, 0.15) is 144 Å². The molecule has 224 valence electrons. The fourth-order valence-corrected chi connectivity index (χ4v) is 4.52. The topological polar surface area (TPSA) is 64.9 Å². The summed E-state index contributed by atoms with van der Waals surface area (Å²) in [5.74, 6) is 0.660. The first-order chi connectivity index (χ1) is 17.7. The van der Waals surface area contributed by atoms with Crippen LogP contribution in [-0.2, 0) is 28.2 Å². The highest BCUT2D eigenvalue weighted by Gasteiger charge is 2.37. The second kappa shape index (κ2) is 10.8. The molecule has 0 heterocycles. The van der Waals surface area contributed by atoms with Crippen LogP contribution in [0.15, 0.2) is 29.3 Å². The van der Waals surface area contributed by atoms with Gasteiger partial charge in [0.1, 0.15) is 11.5 Å². The number of hydrogen-bond acceptors (Lipinski definition) is 4. The van der Waals surface area contributed by atoms with Crippen LogP contribution in [0.5, 0.6) is 11.5 Å². The van der Waals surface area contributed by atoms with Gasteiger partial charge in [-0.3, -0.25) is 4.99 Å². The molecule has 0 bridgehead atoms. The summed E-state index contributed by atoms with van der Waals surface area (Å²) in [6.07, 6.45) is 1.83. The Kier molecular flexibility index (Phi) is 9.16. The van der Waals surface area contributed by atoms with Crippen molar-refractivity contribution in [2.24, 2.45) is 4.99 Å². The Morgan fingerprint density at radius 2 is 1.02 bits per heavy atom. The van der Waals surface area contributed by atoms with Crippen LogP contribution in [-0.4, -0.2) is 27.5 Å². The number of benzene rings is 2. The Morgan fingerprint density at radius 1 is 0.600 bits per heavy atom. The van der Waals surface area contributed by atoms with E-state index in [0.29, 0.717) is 18.0 Å². The Bertz CT molecular complexity index is 1240. The molecule has 2 aromatic carbocycles. The van der Waals surface area contributed by atoms with E-state index in [-0.39, 0.29) is 21.7 Å². The highest BCUT2D eigenvalue weighted by Crippen LogP contribution is 2.39. The van der Waals surface area contributed by atoms with Crippen molar-refractivity contribution in [3.05, 3.63) is 57.6 Å². The van der Waals surface area contributed by atoms with Crippen molar-refractivity contribution in [1.29, 1.82) is 0 Å². The molecular weight excluding hydrogens is 492 g/mol. The highest BCUT2D eigenvalue weighted by molar-refractivity contribution is 5.85. The minimum Gasteiger partial charge on any atom is -0.507 e. The number of nitrogens with zero attached hydrogens (tertiary/aromatic N) is 1. The van der Waals surface area contributed by atoms with Gasteiger partial charge in [-0.25, -0.2) is 0 Å². The molecule has 3 N–H and O–H groups in total. The summed E-state index contributed by atoms with van der Waals surface area (Å²) in [6, 6.07) is 8.48. The number of rotatable bonds is 6. The van der Waals surface area contributed by atoms with Gasteiger partial charge in [-0.05, 0) is 72.1 Å². The number of phenolic OH excluding ortho intramolecular Hbond substituents is 2. The molecule has 0 spiro atoms. The van der Waals surface area contributed by atoms with Crippen LogP contribution in [0.25, 0.3) is 0 Å². The van der Waals surface area contributed by atoms with Crippen molar-refractivity contribution in [3.8, 4) is 11.5 Å². The van der Waals surface area contributed by atoms with E-state index in [1.54, 1.807) is 0 Å². The second-order valence-corrected chi connectivity index (χ2v) is 16.8. The number of phenols is 2. The average molecular weight is 551 g/mol. The monoisotopic (exact) mass is 550 g/mol. The minimum absolute atomic E-state index is 0.0307. The van der Waals surface area contributed by atoms with Crippen molar-refractivity contribution in [2.45, 2.75) is 150 Å². The van der Waals surface area contributed by atoms with Crippen LogP contribution in [0.4, 0.5) is 0 Å². The normalized spacial score (nSPS) is 14.3. The van der Waals surface area contributed by atoms with Crippen molar-refractivity contribution >= 4 is 6.21 Å². The lowest BCUT2D eigenvalue weighted by Crippen LogP contribution is -2.54. The standard InChI is InChI=1S/C36H58N2O2/c1-31(2,3)25-17-23(29(39)27(19-25)33(7,8)9)21-37-35(13,14)36(15,16)38-22-24-18-26(32(4,5)6)20-28(30(24)40)34(10,11)12/h17-21,38-40H,22H2,1-16H3. The lowest BCUT2D eigenvalue weighted by atomic mass is 9.78. The van der Waals surface area contributed by atoms with Gasteiger partial charge in [-0.2, -0.15) is 0 Å². The molecule has 0 fully saturated rings. The van der Waals surface area contributed by atoms with Gasteiger partial charge in [-0.15, -0.1) is 0 Å². The van der Waals surface area contributed by atoms with E-state index < -0.39 is 11.1 Å². The molecule has 0 saturated heterocycles. The molecule has 0 amide bonds. The molecule has 0 atom stereocenters. The lowest BCUT2D eigenvalue weighted by molar-refractivity contribution is 0.242. The van der Waals surface area contributed by atoms with E-state index in [0.717, 1.165) is 22.3 Å². The maximum atomic E-state index is 11.3. The third-order valence-corrected chi connectivity index (χ3v) is 8.45. The molecule has 0 saturated carbocycles. The molecule has 0 aliphatic heterocycles. The molecule has 0 aromatic heterocycles. The zero-order chi connectivity index (χ0) is 31.3. The first-order valence-corrected chi connectivity index (χ1v) is 14.7. The van der Waals surface area contributed by atoms with Crippen LogP contribution in [0.2, 0.25) is 0 Å². The summed E-state index contributed by atoms with van der Waals surface area (Å²) < 4.78 is 0. The predicted molar refractivity (Wildman–Crippen MR) is 174 cm³/mol. The summed E-state index contributed by atoms with van der Waals surface area (Å²) >= 11 is 0. The van der Waals surface area contributed by atoms with Crippen molar-refractivity contribution < 1.29 is 10.2 Å². The van der Waals surface area contributed by atoms with Crippen molar-refractivity contribution in [3.63, 3.8) is 0 Å². The smallest absolute Gasteiger partial charge is 0.128 e. The molecule has 4 nitrogen and oxygen atoms in total. The van der Waals surface area contributed by atoms with Gasteiger partial charge in [0.05, 0.1) is 5.54 Å². The third kappa shape index (κ3) is 7.69. The van der Waals surface area contributed by atoms with E-state index in [9.17, 15) is 10.2 Å². The fourth-order valence-electron chi connectivity index (χ4n) is 4.52. The quantitative estimate of drug-likeness (QED) is 0.314. The second-order valence-electron chi connectivity index (χ2n) is 16.8. The van der Waals surface area contributed by atoms with Crippen LogP contribution < -0.4 is 5.32 Å². The Morgan fingerprint density at radius 3 is 1.45 bits per heavy atom. The first kappa shape index (κ1) is 33.9. The summed E-state index contributed by atoms with van der Waals surface area (Å²) in [7, 11) is 0. The Hall–Kier alpha value is -2.33. The van der Waals surface area contributed by atoms with E-state index in [1.165, 1.54) is 11.1 Å². The molecule has 2 aromatic rings. The largest absolute Gasteiger partial charge is 0.507 e.